The van der Waals surface area contributed by atoms with Crippen molar-refractivity contribution in [1.82, 2.24) is 4.90 Å². The minimum Gasteiger partial charge on any atom is -0.373 e. The van der Waals surface area contributed by atoms with Gasteiger partial charge in [-0.05, 0) is 115 Å². The lowest BCUT2D eigenvalue weighted by Crippen LogP contribution is -2.31. The lowest BCUT2D eigenvalue weighted by Gasteiger charge is -2.33. The second kappa shape index (κ2) is 12.4. The van der Waals surface area contributed by atoms with Gasteiger partial charge in [-0.25, -0.2) is 0 Å². The van der Waals surface area contributed by atoms with Crippen LogP contribution in [0.25, 0.3) is 0 Å². The maximum absolute atomic E-state index is 3.47. The summed E-state index contributed by atoms with van der Waals surface area (Å²) in [4.78, 5) is 2.34. The van der Waals surface area contributed by atoms with Gasteiger partial charge >= 0.3 is 0 Å². The molecule has 0 saturated heterocycles. The normalized spacial score (nSPS) is 18.6. The lowest BCUT2D eigenvalue weighted by atomic mass is 9.84. The molecule has 0 N–H and O–H groups in total. The maximum atomic E-state index is 3.47. The first kappa shape index (κ1) is 29.4. The van der Waals surface area contributed by atoms with Crippen molar-refractivity contribution < 1.29 is 4.58 Å². The van der Waals surface area contributed by atoms with Gasteiger partial charge in [0, 0.05) is 7.05 Å². The Kier molecular flexibility index (Phi) is 10.1. The highest BCUT2D eigenvalue weighted by Crippen LogP contribution is 2.32. The van der Waals surface area contributed by atoms with Gasteiger partial charge in [-0.1, -0.05) is 53.8 Å². The number of allylic oxidation sites excluding steroid dienone is 9. The molecule has 2 nitrogen and oxygen atoms in total. The largest absolute Gasteiger partial charge is 0.373 e. The zero-order valence-electron chi connectivity index (χ0n) is 25.1. The first-order chi connectivity index (χ1) is 16.8. The second-order valence-corrected chi connectivity index (χ2v) is 10.7. The van der Waals surface area contributed by atoms with Crippen molar-refractivity contribution in [3.63, 3.8) is 0 Å². The van der Waals surface area contributed by atoms with Gasteiger partial charge in [0.2, 0.25) is 0 Å². The Bertz CT molecular complexity index is 1220. The molecule has 0 amide bonds. The molecule has 1 atom stereocenters. The third-order valence-electron chi connectivity index (χ3n) is 8.54. The number of aryl methyl sites for hydroxylation is 1. The van der Waals surface area contributed by atoms with Gasteiger partial charge in [0.1, 0.15) is 18.9 Å². The summed E-state index contributed by atoms with van der Waals surface area (Å²) >= 11 is 0. The molecular formula is C34H48N2. The van der Waals surface area contributed by atoms with Crippen molar-refractivity contribution in [1.29, 1.82) is 0 Å². The molecule has 36 heavy (non-hydrogen) atoms. The third kappa shape index (κ3) is 6.66. The van der Waals surface area contributed by atoms with Gasteiger partial charge in [-0.3, -0.25) is 0 Å². The molecule has 0 saturated carbocycles. The van der Waals surface area contributed by atoms with E-state index in [4.69, 9.17) is 0 Å². The highest BCUT2D eigenvalue weighted by atomic mass is 15.1. The van der Waals surface area contributed by atoms with Gasteiger partial charge in [0.15, 0.2) is 0 Å². The molecule has 0 radical (unpaired) electrons. The molecule has 1 unspecified atom stereocenters. The van der Waals surface area contributed by atoms with Gasteiger partial charge < -0.3 is 9.48 Å². The summed E-state index contributed by atoms with van der Waals surface area (Å²) in [6.45, 7) is 24.3. The van der Waals surface area contributed by atoms with E-state index in [2.05, 4.69) is 143 Å². The summed E-state index contributed by atoms with van der Waals surface area (Å²) in [7, 11) is 4.26. The molecule has 0 aliphatic heterocycles. The van der Waals surface area contributed by atoms with E-state index >= 15 is 0 Å². The Labute approximate surface area is 221 Å². The van der Waals surface area contributed by atoms with Crippen LogP contribution in [0, 0.1) is 27.7 Å². The summed E-state index contributed by atoms with van der Waals surface area (Å²) in [5.41, 5.74) is 16.2. The smallest absolute Gasteiger partial charge is 0.115 e. The van der Waals surface area contributed by atoms with E-state index in [0.29, 0.717) is 6.04 Å². The monoisotopic (exact) mass is 484 g/mol. The van der Waals surface area contributed by atoms with Crippen LogP contribution in [0.5, 0.6) is 0 Å². The first-order valence-electron chi connectivity index (χ1n) is 13.1. The average Bonchev–Trinajstić information content (AvgIpc) is 2.85. The van der Waals surface area contributed by atoms with Crippen molar-refractivity contribution >= 4 is 11.9 Å². The van der Waals surface area contributed by atoms with Crippen LogP contribution < -0.4 is 0 Å². The maximum Gasteiger partial charge on any atom is 0.115 e. The molecule has 2 heteroatoms. The fourth-order valence-corrected chi connectivity index (χ4v) is 4.75. The van der Waals surface area contributed by atoms with Gasteiger partial charge in [-0.15, -0.1) is 11.6 Å². The Balaban J connectivity index is 2.14. The molecular weight excluding hydrogens is 436 g/mol. The number of likely N-dealkylation sites (N-methyl/N-ethyl adjacent to an activating group) is 1. The molecule has 2 rings (SSSR count). The molecule has 1 aliphatic rings. The van der Waals surface area contributed by atoms with Crippen LogP contribution in [0.1, 0.15) is 77.1 Å². The summed E-state index contributed by atoms with van der Waals surface area (Å²) in [6.07, 6.45) is 15.3. The molecule has 0 bridgehead atoms. The Morgan fingerprint density at radius 1 is 0.917 bits per heavy atom. The standard InChI is InChI=1S/C34H48N2/c1-22(16-14-15-18-35(12)33-20-24(3)27(6)29(8)31(33)10)26(5)23(2)17-19-36(13)34-21-25(4)28(7)30(9)32(34)11/h14-18,21,33H,20H2,1-13H3/b16-14+,18-15?,23-17+,26-22+. The fourth-order valence-electron chi connectivity index (χ4n) is 4.75. The highest BCUT2D eigenvalue weighted by molar-refractivity contribution is 5.71. The SMILES string of the molecule is CC1=C(C)C(C)=C(C)C(N(C)C=C/C=C/C(C)=C(C)/C(C)=C/[C-]=[N+](C)c2cc(C)c(C)c(C)c2C)C1. The second-order valence-electron chi connectivity index (χ2n) is 10.7. The van der Waals surface area contributed by atoms with Crippen LogP contribution in [-0.2, 0) is 0 Å². The predicted octanol–water partition coefficient (Wildman–Crippen LogP) is 8.87. The molecule has 194 valence electrons. The average molecular weight is 485 g/mol. The summed E-state index contributed by atoms with van der Waals surface area (Å²) in [5, 5.41) is 0. The van der Waals surface area contributed by atoms with Crippen LogP contribution in [0.3, 0.4) is 0 Å². The molecule has 0 spiro atoms. The van der Waals surface area contributed by atoms with E-state index in [9.17, 15) is 0 Å². The third-order valence-corrected chi connectivity index (χ3v) is 8.54. The van der Waals surface area contributed by atoms with Gasteiger partial charge in [0.05, 0.1) is 6.04 Å². The van der Waals surface area contributed by atoms with E-state index in [1.807, 2.05) is 0 Å². The van der Waals surface area contributed by atoms with E-state index < -0.39 is 0 Å². The van der Waals surface area contributed by atoms with Crippen molar-refractivity contribution in [3.05, 3.63) is 97.8 Å². The number of benzene rings is 1. The van der Waals surface area contributed by atoms with Crippen LogP contribution in [0.2, 0.25) is 0 Å². The first-order valence-corrected chi connectivity index (χ1v) is 13.1. The summed E-state index contributed by atoms with van der Waals surface area (Å²) in [5.74, 6) is 0. The van der Waals surface area contributed by atoms with Gasteiger partial charge in [-0.2, -0.15) is 0 Å². The van der Waals surface area contributed by atoms with Crippen molar-refractivity contribution in [2.75, 3.05) is 14.1 Å². The topological polar surface area (TPSA) is 6.25 Å². The lowest BCUT2D eigenvalue weighted by molar-refractivity contribution is -0.399. The molecule has 1 aromatic rings. The fraction of sp³-hybridized carbons (Fsp3) is 0.441. The number of hydrogen-bond donors (Lipinski definition) is 0. The molecule has 1 aliphatic carbocycles. The number of hydrogen-bond acceptors (Lipinski definition) is 1. The van der Waals surface area contributed by atoms with Crippen molar-refractivity contribution in [2.45, 2.75) is 88.6 Å². The van der Waals surface area contributed by atoms with Crippen LogP contribution >= 0.6 is 0 Å². The molecule has 0 heterocycles. The summed E-state index contributed by atoms with van der Waals surface area (Å²) < 4.78 is 2.11. The van der Waals surface area contributed by atoms with Crippen molar-refractivity contribution in [3.8, 4) is 0 Å². The van der Waals surface area contributed by atoms with E-state index in [0.717, 1.165) is 6.42 Å². The Morgan fingerprint density at radius 3 is 2.19 bits per heavy atom. The van der Waals surface area contributed by atoms with Crippen molar-refractivity contribution in [2.24, 2.45) is 0 Å². The Hall–Kier alpha value is -2.87. The van der Waals surface area contributed by atoms with E-state index in [1.165, 1.54) is 67.0 Å². The molecule has 0 fully saturated rings. The van der Waals surface area contributed by atoms with Crippen LogP contribution in [-0.4, -0.2) is 35.8 Å². The zero-order valence-corrected chi connectivity index (χ0v) is 25.1. The van der Waals surface area contributed by atoms with E-state index in [1.54, 1.807) is 0 Å². The van der Waals surface area contributed by atoms with Gasteiger partial charge in [0.25, 0.3) is 0 Å². The minimum absolute atomic E-state index is 0.440. The quantitative estimate of drug-likeness (QED) is 0.162. The summed E-state index contributed by atoms with van der Waals surface area (Å²) in [6, 6.07) is 2.70. The predicted molar refractivity (Wildman–Crippen MR) is 160 cm³/mol. The molecule has 0 aromatic heterocycles. The van der Waals surface area contributed by atoms with Crippen LogP contribution in [0.15, 0.2) is 75.6 Å². The zero-order chi connectivity index (χ0) is 27.3. The number of nitrogens with zero attached hydrogens (tertiary/aromatic N) is 2. The highest BCUT2D eigenvalue weighted by Gasteiger charge is 2.22. The minimum atomic E-state index is 0.440. The Morgan fingerprint density at radius 2 is 1.56 bits per heavy atom. The van der Waals surface area contributed by atoms with Crippen LogP contribution in [0.4, 0.5) is 5.69 Å². The van der Waals surface area contributed by atoms with E-state index in [-0.39, 0.29) is 0 Å². The molecule has 1 aromatic carbocycles. The number of rotatable bonds is 7.